The lowest BCUT2D eigenvalue weighted by Gasteiger charge is -2.28. The predicted octanol–water partition coefficient (Wildman–Crippen LogP) is 0.710. The van der Waals surface area contributed by atoms with Crippen molar-refractivity contribution < 1.29 is 14.6 Å². The van der Waals surface area contributed by atoms with Gasteiger partial charge in [0.05, 0.1) is 18.6 Å². The highest BCUT2D eigenvalue weighted by atomic mass is 16.5. The molecule has 2 bridgehead atoms. The van der Waals surface area contributed by atoms with Crippen LogP contribution in [0.15, 0.2) is 0 Å². The van der Waals surface area contributed by atoms with Gasteiger partial charge in [0.25, 0.3) is 0 Å². The van der Waals surface area contributed by atoms with E-state index in [9.17, 15) is 9.90 Å². The van der Waals surface area contributed by atoms with Crippen LogP contribution in [0.2, 0.25) is 0 Å². The van der Waals surface area contributed by atoms with Gasteiger partial charge in [-0.3, -0.25) is 4.79 Å². The maximum atomic E-state index is 11.4. The monoisotopic (exact) mass is 170 g/mol. The second-order valence-electron chi connectivity index (χ2n) is 4.01. The molecule has 0 saturated heterocycles. The van der Waals surface area contributed by atoms with Gasteiger partial charge in [0, 0.05) is 0 Å². The topological polar surface area (TPSA) is 46.5 Å². The average molecular weight is 170 g/mol. The summed E-state index contributed by atoms with van der Waals surface area (Å²) in [6.45, 7) is 0. The molecule has 2 saturated carbocycles. The van der Waals surface area contributed by atoms with Gasteiger partial charge in [-0.15, -0.1) is 0 Å². The van der Waals surface area contributed by atoms with Crippen LogP contribution in [-0.4, -0.2) is 24.3 Å². The lowest BCUT2D eigenvalue weighted by Crippen LogP contribution is -2.38. The summed E-state index contributed by atoms with van der Waals surface area (Å²) in [5, 5.41) is 9.67. The molecule has 3 atom stereocenters. The van der Waals surface area contributed by atoms with Gasteiger partial charge in [0.1, 0.15) is 0 Å². The quantitative estimate of drug-likeness (QED) is 0.589. The molecule has 3 heteroatoms. The Balaban J connectivity index is 2.23. The van der Waals surface area contributed by atoms with Gasteiger partial charge in [0.2, 0.25) is 0 Å². The number of ether oxygens (including phenoxy) is 1. The summed E-state index contributed by atoms with van der Waals surface area (Å²) in [5.41, 5.74) is -0.528. The maximum Gasteiger partial charge on any atom is 0.314 e. The predicted molar refractivity (Wildman–Crippen MR) is 42.4 cm³/mol. The van der Waals surface area contributed by atoms with E-state index in [2.05, 4.69) is 0 Å². The third-order valence-electron chi connectivity index (χ3n) is 3.44. The molecule has 68 valence electrons. The van der Waals surface area contributed by atoms with Gasteiger partial charge in [0.15, 0.2) is 0 Å². The molecule has 0 aromatic carbocycles. The highest BCUT2D eigenvalue weighted by Gasteiger charge is 2.57. The summed E-state index contributed by atoms with van der Waals surface area (Å²) in [6.07, 6.45) is 3.05. The number of carbonyl (C=O) groups is 1. The SMILES string of the molecule is COC(=O)C12CC[C@H](C[C@H]1O)C2. The average Bonchev–Trinajstić information content (AvgIpc) is 2.60. The molecule has 0 aromatic heterocycles. The van der Waals surface area contributed by atoms with Crippen LogP contribution >= 0.6 is 0 Å². The summed E-state index contributed by atoms with van der Waals surface area (Å²) in [6, 6.07) is 0. The Kier molecular flexibility index (Phi) is 1.65. The third kappa shape index (κ3) is 0.829. The van der Waals surface area contributed by atoms with Crippen molar-refractivity contribution in [1.29, 1.82) is 0 Å². The van der Waals surface area contributed by atoms with E-state index in [0.717, 1.165) is 25.7 Å². The minimum absolute atomic E-state index is 0.213. The van der Waals surface area contributed by atoms with Gasteiger partial charge in [-0.25, -0.2) is 0 Å². The standard InChI is InChI=1S/C9H14O3/c1-12-8(11)9-3-2-6(5-9)4-7(9)10/h6-7,10H,2-5H2,1H3/t6-,7-,9?/m1/s1. The Bertz CT molecular complexity index is 214. The van der Waals surface area contributed by atoms with E-state index in [0.29, 0.717) is 5.92 Å². The van der Waals surface area contributed by atoms with E-state index >= 15 is 0 Å². The van der Waals surface area contributed by atoms with Crippen LogP contribution in [0, 0.1) is 11.3 Å². The summed E-state index contributed by atoms with van der Waals surface area (Å²) in [7, 11) is 1.40. The molecule has 2 aliphatic rings. The van der Waals surface area contributed by atoms with Crippen molar-refractivity contribution in [3.05, 3.63) is 0 Å². The molecule has 2 aliphatic carbocycles. The van der Waals surface area contributed by atoms with Crippen LogP contribution in [-0.2, 0) is 9.53 Å². The third-order valence-corrected chi connectivity index (χ3v) is 3.44. The van der Waals surface area contributed by atoms with Crippen LogP contribution in [0.5, 0.6) is 0 Å². The molecule has 0 spiro atoms. The van der Waals surface area contributed by atoms with Gasteiger partial charge < -0.3 is 9.84 Å². The molecule has 3 nitrogen and oxygen atoms in total. The molecule has 2 fully saturated rings. The summed E-state index contributed by atoms with van der Waals surface area (Å²) < 4.78 is 4.73. The Morgan fingerprint density at radius 1 is 1.67 bits per heavy atom. The summed E-state index contributed by atoms with van der Waals surface area (Å²) in [5.74, 6) is 0.342. The maximum absolute atomic E-state index is 11.4. The molecular formula is C9H14O3. The lowest BCUT2D eigenvalue weighted by atomic mass is 9.82. The van der Waals surface area contributed by atoms with E-state index in [4.69, 9.17) is 4.74 Å². The van der Waals surface area contributed by atoms with E-state index < -0.39 is 11.5 Å². The molecular weight excluding hydrogens is 156 g/mol. The van der Waals surface area contributed by atoms with Crippen molar-refractivity contribution >= 4 is 5.97 Å². The fourth-order valence-electron chi connectivity index (χ4n) is 2.75. The smallest absolute Gasteiger partial charge is 0.314 e. The lowest BCUT2D eigenvalue weighted by molar-refractivity contribution is -0.158. The van der Waals surface area contributed by atoms with Gasteiger partial charge in [-0.1, -0.05) is 0 Å². The summed E-state index contributed by atoms with van der Waals surface area (Å²) >= 11 is 0. The zero-order valence-corrected chi connectivity index (χ0v) is 7.25. The van der Waals surface area contributed by atoms with E-state index in [1.165, 1.54) is 7.11 Å². The van der Waals surface area contributed by atoms with Crippen molar-refractivity contribution in [3.8, 4) is 0 Å². The Morgan fingerprint density at radius 3 is 2.83 bits per heavy atom. The molecule has 0 heterocycles. The number of carbonyl (C=O) groups excluding carboxylic acids is 1. The molecule has 0 amide bonds. The van der Waals surface area contributed by atoms with Gasteiger partial charge in [-0.2, -0.15) is 0 Å². The number of rotatable bonds is 1. The number of hydrogen-bond acceptors (Lipinski definition) is 3. The second-order valence-corrected chi connectivity index (χ2v) is 4.01. The first-order valence-corrected chi connectivity index (χ1v) is 4.45. The van der Waals surface area contributed by atoms with E-state index in [1.807, 2.05) is 0 Å². The largest absolute Gasteiger partial charge is 0.469 e. The van der Waals surface area contributed by atoms with E-state index in [1.54, 1.807) is 0 Å². The van der Waals surface area contributed by atoms with Crippen LogP contribution in [0.3, 0.4) is 0 Å². The molecule has 1 N–H and O–H groups in total. The first-order chi connectivity index (χ1) is 5.69. The van der Waals surface area contributed by atoms with E-state index in [-0.39, 0.29) is 5.97 Å². The Hall–Kier alpha value is -0.570. The Morgan fingerprint density at radius 2 is 2.42 bits per heavy atom. The number of aliphatic hydroxyl groups excluding tert-OH is 1. The van der Waals surface area contributed by atoms with Crippen molar-refractivity contribution in [1.82, 2.24) is 0 Å². The fraction of sp³-hybridized carbons (Fsp3) is 0.889. The molecule has 2 rings (SSSR count). The summed E-state index contributed by atoms with van der Waals surface area (Å²) in [4.78, 5) is 11.4. The number of aliphatic hydroxyl groups is 1. The first-order valence-electron chi connectivity index (χ1n) is 4.45. The minimum atomic E-state index is -0.528. The number of methoxy groups -OCH3 is 1. The van der Waals surface area contributed by atoms with Crippen LogP contribution < -0.4 is 0 Å². The number of fused-ring (bicyclic) bond motifs is 2. The molecule has 12 heavy (non-hydrogen) atoms. The molecule has 0 aliphatic heterocycles. The number of esters is 1. The van der Waals surface area contributed by atoms with Gasteiger partial charge in [-0.05, 0) is 31.6 Å². The molecule has 1 unspecified atom stereocenters. The normalized spacial score (nSPS) is 44.8. The number of hydrogen-bond donors (Lipinski definition) is 1. The van der Waals surface area contributed by atoms with Gasteiger partial charge >= 0.3 is 5.97 Å². The highest BCUT2D eigenvalue weighted by Crippen LogP contribution is 2.54. The Labute approximate surface area is 71.7 Å². The second kappa shape index (κ2) is 2.46. The van der Waals surface area contributed by atoms with Crippen LogP contribution in [0.25, 0.3) is 0 Å². The fourth-order valence-corrected chi connectivity index (χ4v) is 2.75. The van der Waals surface area contributed by atoms with Crippen molar-refractivity contribution in [2.24, 2.45) is 11.3 Å². The zero-order valence-electron chi connectivity index (χ0n) is 7.25. The van der Waals surface area contributed by atoms with Crippen molar-refractivity contribution in [2.75, 3.05) is 7.11 Å². The van der Waals surface area contributed by atoms with Crippen LogP contribution in [0.1, 0.15) is 25.7 Å². The highest BCUT2D eigenvalue weighted by molar-refractivity contribution is 5.78. The van der Waals surface area contributed by atoms with Crippen molar-refractivity contribution in [2.45, 2.75) is 31.8 Å². The molecule has 0 radical (unpaired) electrons. The zero-order chi connectivity index (χ0) is 8.77. The molecule has 0 aromatic rings. The van der Waals surface area contributed by atoms with Crippen LogP contribution in [0.4, 0.5) is 0 Å². The van der Waals surface area contributed by atoms with Crippen molar-refractivity contribution in [3.63, 3.8) is 0 Å². The minimum Gasteiger partial charge on any atom is -0.469 e. The first kappa shape index (κ1) is 8.05.